The lowest BCUT2D eigenvalue weighted by atomic mass is 9.86. The first-order valence-corrected chi connectivity index (χ1v) is 14.8. The Morgan fingerprint density at radius 1 is 1.07 bits per heavy atom. The number of nitrogens with one attached hydrogen (secondary N) is 1. The van der Waals surface area contributed by atoms with Crippen molar-refractivity contribution in [2.45, 2.75) is 73.3 Å². The number of esters is 1. The van der Waals surface area contributed by atoms with Crippen LogP contribution in [0.25, 0.3) is 0 Å². The molecule has 5 heterocycles. The number of aliphatic hydroxyl groups excluding tert-OH is 2. The van der Waals surface area contributed by atoms with E-state index >= 15 is 0 Å². The van der Waals surface area contributed by atoms with Gasteiger partial charge in [0.2, 0.25) is 0 Å². The molecular formula is C34H38N4O4. The molecule has 1 aliphatic carbocycles. The van der Waals surface area contributed by atoms with Gasteiger partial charge in [0.25, 0.3) is 0 Å². The summed E-state index contributed by atoms with van der Waals surface area (Å²) in [5, 5.41) is 25.7. The molecule has 0 amide bonds. The van der Waals surface area contributed by atoms with Gasteiger partial charge >= 0.3 is 5.97 Å². The van der Waals surface area contributed by atoms with Crippen LogP contribution < -0.4 is 5.32 Å². The Hall–Kier alpha value is -4.04. The van der Waals surface area contributed by atoms with Gasteiger partial charge in [0.15, 0.2) is 0 Å². The molecule has 6 rings (SSSR count). The van der Waals surface area contributed by atoms with Crippen LogP contribution in [-0.2, 0) is 9.53 Å². The van der Waals surface area contributed by atoms with Crippen LogP contribution in [0.2, 0.25) is 0 Å². The molecule has 218 valence electrons. The fourth-order valence-electron chi connectivity index (χ4n) is 7.03. The van der Waals surface area contributed by atoms with Crippen molar-refractivity contribution in [3.8, 4) is 0 Å². The Balaban J connectivity index is 1.60. The number of nitrogens with zero attached hydrogens (tertiary/aromatic N) is 3. The first-order valence-electron chi connectivity index (χ1n) is 14.8. The van der Waals surface area contributed by atoms with E-state index in [9.17, 15) is 15.0 Å². The molecule has 0 aromatic heterocycles. The second-order valence-electron chi connectivity index (χ2n) is 11.8. The van der Waals surface area contributed by atoms with Crippen molar-refractivity contribution in [1.29, 1.82) is 0 Å². The zero-order valence-electron chi connectivity index (χ0n) is 25.3. The minimum atomic E-state index is -0.700. The Labute approximate surface area is 246 Å². The molecule has 0 saturated carbocycles. The second-order valence-corrected chi connectivity index (χ2v) is 11.8. The third-order valence-electron chi connectivity index (χ3n) is 9.41. The number of aliphatic hydroxyl groups is 2. The van der Waals surface area contributed by atoms with E-state index in [1.54, 1.807) is 6.92 Å². The number of fused-ring (bicyclic) bond motifs is 5. The van der Waals surface area contributed by atoms with Crippen LogP contribution in [0.15, 0.2) is 106 Å². The highest BCUT2D eigenvalue weighted by Crippen LogP contribution is 2.46. The first kappa shape index (κ1) is 28.1. The van der Waals surface area contributed by atoms with Crippen LogP contribution in [-0.4, -0.2) is 46.5 Å². The maximum absolute atomic E-state index is 12.2. The van der Waals surface area contributed by atoms with Gasteiger partial charge < -0.3 is 20.3 Å². The number of rotatable bonds is 5. The molecule has 8 nitrogen and oxygen atoms in total. The van der Waals surface area contributed by atoms with E-state index in [0.29, 0.717) is 24.3 Å². The number of aliphatic imine (C=N–C) groups is 3. The molecule has 3 atom stereocenters. The Morgan fingerprint density at radius 3 is 2.48 bits per heavy atom. The number of methoxy groups -OCH3 is 1. The lowest BCUT2D eigenvalue weighted by Crippen LogP contribution is -2.16. The van der Waals surface area contributed by atoms with E-state index in [-0.39, 0.29) is 24.2 Å². The van der Waals surface area contributed by atoms with Crippen molar-refractivity contribution in [3.63, 3.8) is 0 Å². The molecule has 1 saturated heterocycles. The molecule has 0 unspecified atom stereocenters. The molecule has 6 aliphatic rings. The van der Waals surface area contributed by atoms with Gasteiger partial charge in [-0.3, -0.25) is 4.79 Å². The van der Waals surface area contributed by atoms with Gasteiger partial charge in [-0.2, -0.15) is 0 Å². The monoisotopic (exact) mass is 566 g/mol. The fraction of sp³-hybridized carbons (Fsp3) is 0.412. The quantitative estimate of drug-likeness (QED) is 0.354. The summed E-state index contributed by atoms with van der Waals surface area (Å²) in [4.78, 5) is 27.3. The van der Waals surface area contributed by atoms with Gasteiger partial charge in [-0.25, -0.2) is 15.0 Å². The van der Waals surface area contributed by atoms with Gasteiger partial charge in [0.1, 0.15) is 5.76 Å². The summed E-state index contributed by atoms with van der Waals surface area (Å²) < 4.78 is 4.97. The van der Waals surface area contributed by atoms with E-state index in [2.05, 4.69) is 32.2 Å². The molecule has 1 fully saturated rings. The molecule has 0 aromatic rings. The maximum Gasteiger partial charge on any atom is 0.305 e. The molecule has 0 radical (unpaired) electrons. The number of carbonyl (C=O) groups is 1. The molecular weight excluding hydrogens is 528 g/mol. The Bertz CT molecular complexity index is 1680. The summed E-state index contributed by atoms with van der Waals surface area (Å²) >= 11 is 0. The van der Waals surface area contributed by atoms with Crippen molar-refractivity contribution in [2.75, 3.05) is 7.11 Å². The van der Waals surface area contributed by atoms with Crippen molar-refractivity contribution < 1.29 is 19.7 Å². The lowest BCUT2D eigenvalue weighted by molar-refractivity contribution is -0.140. The van der Waals surface area contributed by atoms with E-state index in [1.165, 1.54) is 7.11 Å². The van der Waals surface area contributed by atoms with Crippen molar-refractivity contribution in [2.24, 2.45) is 26.8 Å². The zero-order chi connectivity index (χ0) is 30.0. The molecule has 8 bridgehead atoms. The van der Waals surface area contributed by atoms with Gasteiger partial charge in [0.05, 0.1) is 47.4 Å². The van der Waals surface area contributed by atoms with E-state index in [1.807, 2.05) is 26.0 Å². The van der Waals surface area contributed by atoms with E-state index < -0.39 is 6.10 Å². The van der Waals surface area contributed by atoms with Crippen molar-refractivity contribution in [1.82, 2.24) is 5.32 Å². The molecule has 42 heavy (non-hydrogen) atoms. The van der Waals surface area contributed by atoms with Crippen LogP contribution in [0, 0.1) is 11.8 Å². The van der Waals surface area contributed by atoms with E-state index in [0.717, 1.165) is 85.4 Å². The predicted molar refractivity (Wildman–Crippen MR) is 165 cm³/mol. The minimum Gasteiger partial charge on any atom is -0.511 e. The smallest absolute Gasteiger partial charge is 0.305 e. The zero-order valence-corrected chi connectivity index (χ0v) is 25.3. The standard InChI is InChI=1S/C34H38N4O4/c1-8-20-15(2)23-14-28-31(19(6)39)17(4)25(36-28)12-24-16(3)21(9-10-30(41)42-7)33(37-24)22-11-29(40)32-18(5)26(38-34(22)32)13-27(20)35-23/h12-14,16,19,21,37,39-40H,8-11H2,1-7H3/t16-,19-,21-/m0/s1. The summed E-state index contributed by atoms with van der Waals surface area (Å²) in [6, 6.07) is 0. The number of hydrogen-bond donors (Lipinski definition) is 3. The van der Waals surface area contributed by atoms with Gasteiger partial charge in [-0.15, -0.1) is 0 Å². The molecule has 8 heteroatoms. The van der Waals surface area contributed by atoms with Gasteiger partial charge in [-0.05, 0) is 81.1 Å². The lowest BCUT2D eigenvalue weighted by Gasteiger charge is -2.17. The Kier molecular flexibility index (Phi) is 6.92. The molecule has 3 N–H and O–H groups in total. The third-order valence-corrected chi connectivity index (χ3v) is 9.41. The fourth-order valence-corrected chi connectivity index (χ4v) is 7.03. The SMILES string of the molecule is CCC1=C(C)C2=NC1=CC1=C(C)C3=C(O)CC(=C4NC(=CC5=NC(=C2)C([C@H](C)O)=C5C)[C@@H](C)[C@@H]4CCC(=O)OC)C3=N1. The van der Waals surface area contributed by atoms with Crippen LogP contribution in [0.4, 0.5) is 0 Å². The summed E-state index contributed by atoms with van der Waals surface area (Å²) in [5.41, 5.74) is 13.3. The number of ether oxygens (including phenoxy) is 1. The number of allylic oxidation sites excluding steroid dienone is 11. The first-order chi connectivity index (χ1) is 20.0. The molecule has 5 aliphatic heterocycles. The average molecular weight is 567 g/mol. The van der Waals surface area contributed by atoms with Crippen LogP contribution >= 0.6 is 0 Å². The van der Waals surface area contributed by atoms with Crippen molar-refractivity contribution >= 4 is 23.1 Å². The topological polar surface area (TPSA) is 116 Å². The predicted octanol–water partition coefficient (Wildman–Crippen LogP) is 5.99. The minimum absolute atomic E-state index is 0.00465. The summed E-state index contributed by atoms with van der Waals surface area (Å²) in [5.74, 6) is 0.109. The Morgan fingerprint density at radius 2 is 1.79 bits per heavy atom. The highest BCUT2D eigenvalue weighted by Gasteiger charge is 2.41. The molecule has 0 aromatic carbocycles. The van der Waals surface area contributed by atoms with Gasteiger partial charge in [0, 0.05) is 52.8 Å². The van der Waals surface area contributed by atoms with Crippen LogP contribution in [0.3, 0.4) is 0 Å². The van der Waals surface area contributed by atoms with Crippen molar-refractivity contribution in [3.05, 3.63) is 91.5 Å². The highest BCUT2D eigenvalue weighted by molar-refractivity contribution is 6.21. The molecule has 0 spiro atoms. The largest absolute Gasteiger partial charge is 0.511 e. The third kappa shape index (κ3) is 4.31. The summed E-state index contributed by atoms with van der Waals surface area (Å²) in [6.07, 6.45) is 7.43. The normalized spacial score (nSPS) is 25.5. The van der Waals surface area contributed by atoms with E-state index in [4.69, 9.17) is 19.7 Å². The summed E-state index contributed by atoms with van der Waals surface area (Å²) in [7, 11) is 1.41. The van der Waals surface area contributed by atoms with Gasteiger partial charge in [-0.1, -0.05) is 13.8 Å². The maximum atomic E-state index is 12.2. The second kappa shape index (κ2) is 10.3. The number of hydrogen-bond acceptors (Lipinski definition) is 8. The summed E-state index contributed by atoms with van der Waals surface area (Å²) in [6.45, 7) is 12.1. The highest BCUT2D eigenvalue weighted by atomic mass is 16.5. The van der Waals surface area contributed by atoms with Crippen LogP contribution in [0.1, 0.15) is 67.2 Å². The number of carbonyl (C=O) groups excluding carboxylic acids is 1. The average Bonchev–Trinajstić information content (AvgIpc) is 3.70. The van der Waals surface area contributed by atoms with Crippen LogP contribution in [0.5, 0.6) is 0 Å².